The van der Waals surface area contributed by atoms with E-state index in [9.17, 15) is 9.59 Å². The number of pyridine rings is 3. The Morgan fingerprint density at radius 2 is 2.00 bits per heavy atom. The van der Waals surface area contributed by atoms with Gasteiger partial charge >= 0.3 is 5.97 Å². The van der Waals surface area contributed by atoms with Crippen molar-refractivity contribution in [1.29, 1.82) is 0 Å². The maximum absolute atomic E-state index is 13.1. The molecule has 0 aliphatic heterocycles. The highest BCUT2D eigenvalue weighted by atomic mass is 16.5. The minimum atomic E-state index is -0.813. The highest BCUT2D eigenvalue weighted by Crippen LogP contribution is 2.24. The molecule has 7 nitrogen and oxygen atoms in total. The standard InChI is InChI=1S/C19H13BN4O3/c1-27-19(26)15-16(21)13-4-5-14(20)23-17(13)24(18(15)25)12-3-2-10-6-7-22-9-11(10)8-12/h2-9H,21H2,1H3. The van der Waals surface area contributed by atoms with Crippen molar-refractivity contribution < 1.29 is 9.53 Å². The van der Waals surface area contributed by atoms with Crippen molar-refractivity contribution >= 4 is 46.9 Å². The third-order valence-electron chi connectivity index (χ3n) is 4.36. The smallest absolute Gasteiger partial charge is 0.345 e. The molecule has 0 atom stereocenters. The van der Waals surface area contributed by atoms with Gasteiger partial charge in [-0.3, -0.25) is 14.3 Å². The number of anilines is 1. The van der Waals surface area contributed by atoms with Crippen LogP contribution in [0.5, 0.6) is 0 Å². The second-order valence-electron chi connectivity index (χ2n) is 5.94. The van der Waals surface area contributed by atoms with Crippen molar-refractivity contribution in [3.05, 3.63) is 64.7 Å². The van der Waals surface area contributed by atoms with E-state index in [4.69, 9.17) is 18.3 Å². The van der Waals surface area contributed by atoms with Crippen LogP contribution in [0.15, 0.2) is 53.6 Å². The van der Waals surface area contributed by atoms with Gasteiger partial charge in [0.05, 0.1) is 18.5 Å². The molecule has 1 aromatic carbocycles. The first-order valence-corrected chi connectivity index (χ1v) is 8.04. The molecule has 0 amide bonds. The Labute approximate surface area is 154 Å². The van der Waals surface area contributed by atoms with Gasteiger partial charge in [0.1, 0.15) is 19.1 Å². The van der Waals surface area contributed by atoms with Crippen LogP contribution in [-0.2, 0) is 4.74 Å². The number of nitrogens with zero attached hydrogens (tertiary/aromatic N) is 3. The van der Waals surface area contributed by atoms with Gasteiger partial charge in [0.15, 0.2) is 0 Å². The number of nitrogen functional groups attached to an aromatic ring is 1. The summed E-state index contributed by atoms with van der Waals surface area (Å²) in [5, 5.41) is 2.22. The summed E-state index contributed by atoms with van der Waals surface area (Å²) in [7, 11) is 7.01. The number of hydrogen-bond donors (Lipinski definition) is 1. The fourth-order valence-electron chi connectivity index (χ4n) is 3.05. The lowest BCUT2D eigenvalue weighted by Crippen LogP contribution is -2.29. The average molecular weight is 356 g/mol. The Bertz CT molecular complexity index is 1280. The molecule has 0 spiro atoms. The third-order valence-corrected chi connectivity index (χ3v) is 4.36. The molecule has 0 saturated carbocycles. The van der Waals surface area contributed by atoms with Crippen LogP contribution in [0.25, 0.3) is 27.5 Å². The first-order chi connectivity index (χ1) is 13.0. The number of methoxy groups -OCH3 is 1. The molecule has 2 N–H and O–H groups in total. The number of carbonyl (C=O) groups excluding carboxylic acids is 1. The first kappa shape index (κ1) is 16.8. The monoisotopic (exact) mass is 356 g/mol. The lowest BCUT2D eigenvalue weighted by atomic mass is 10.0. The summed E-state index contributed by atoms with van der Waals surface area (Å²) >= 11 is 0. The summed E-state index contributed by atoms with van der Waals surface area (Å²) in [5.74, 6) is -0.813. The Morgan fingerprint density at radius 1 is 1.19 bits per heavy atom. The summed E-state index contributed by atoms with van der Waals surface area (Å²) in [4.78, 5) is 33.7. The quantitative estimate of drug-likeness (QED) is 0.426. The van der Waals surface area contributed by atoms with Crippen molar-refractivity contribution in [2.45, 2.75) is 0 Å². The van der Waals surface area contributed by atoms with Gasteiger partial charge in [-0.1, -0.05) is 12.1 Å². The van der Waals surface area contributed by atoms with Gasteiger partial charge in [-0.2, -0.15) is 0 Å². The summed E-state index contributed by atoms with van der Waals surface area (Å²) in [5.41, 5.74) is 6.20. The van der Waals surface area contributed by atoms with Crippen LogP contribution in [0.3, 0.4) is 0 Å². The predicted octanol–water partition coefficient (Wildman–Crippen LogP) is 1.10. The van der Waals surface area contributed by atoms with E-state index < -0.39 is 11.5 Å². The average Bonchev–Trinajstić information content (AvgIpc) is 2.67. The molecule has 8 heteroatoms. The number of aromatic nitrogens is 3. The highest BCUT2D eigenvalue weighted by Gasteiger charge is 2.23. The summed E-state index contributed by atoms with van der Waals surface area (Å²) in [6, 6.07) is 10.4. The second-order valence-corrected chi connectivity index (χ2v) is 5.94. The Balaban J connectivity index is 2.16. The van der Waals surface area contributed by atoms with E-state index in [0.717, 1.165) is 10.8 Å². The van der Waals surface area contributed by atoms with Crippen LogP contribution < -0.4 is 16.9 Å². The normalized spacial score (nSPS) is 11.0. The minimum absolute atomic E-state index is 0.00746. The molecular formula is C19H13BN4O3. The molecule has 4 rings (SSSR count). The number of hydrogen-bond acceptors (Lipinski definition) is 6. The van der Waals surface area contributed by atoms with Crippen LogP contribution in [-0.4, -0.2) is 35.5 Å². The van der Waals surface area contributed by atoms with Gasteiger partial charge in [0.2, 0.25) is 0 Å². The van der Waals surface area contributed by atoms with E-state index in [1.54, 1.807) is 36.7 Å². The van der Waals surface area contributed by atoms with Crippen molar-refractivity contribution in [1.82, 2.24) is 14.5 Å². The number of nitrogens with two attached hydrogens (primary N) is 1. The van der Waals surface area contributed by atoms with E-state index in [1.165, 1.54) is 11.7 Å². The molecule has 0 bridgehead atoms. The Hall–Kier alpha value is -3.68. The van der Waals surface area contributed by atoms with Crippen LogP contribution in [0.4, 0.5) is 5.69 Å². The fraction of sp³-hybridized carbons (Fsp3) is 0.0526. The third kappa shape index (κ3) is 2.62. The number of ether oxygens (including phenoxy) is 1. The zero-order valence-corrected chi connectivity index (χ0v) is 14.3. The molecule has 27 heavy (non-hydrogen) atoms. The minimum Gasteiger partial charge on any atom is -0.465 e. The highest BCUT2D eigenvalue weighted by molar-refractivity contribution is 6.31. The Kier molecular flexibility index (Phi) is 3.88. The van der Waals surface area contributed by atoms with Crippen molar-refractivity contribution in [3.8, 4) is 5.69 Å². The van der Waals surface area contributed by atoms with Gasteiger partial charge in [-0.15, -0.1) is 0 Å². The lowest BCUT2D eigenvalue weighted by Gasteiger charge is -2.15. The van der Waals surface area contributed by atoms with Crippen molar-refractivity contribution in [2.75, 3.05) is 12.8 Å². The van der Waals surface area contributed by atoms with Crippen LogP contribution in [0.2, 0.25) is 0 Å². The molecule has 0 saturated heterocycles. The fourth-order valence-corrected chi connectivity index (χ4v) is 3.05. The largest absolute Gasteiger partial charge is 0.465 e. The molecule has 2 radical (unpaired) electrons. The zero-order valence-electron chi connectivity index (χ0n) is 14.3. The summed E-state index contributed by atoms with van der Waals surface area (Å²) < 4.78 is 6.05. The van der Waals surface area contributed by atoms with Gasteiger partial charge in [-0.05, 0) is 35.2 Å². The van der Waals surface area contributed by atoms with E-state index in [1.807, 2.05) is 12.1 Å². The predicted molar refractivity (Wildman–Crippen MR) is 104 cm³/mol. The molecular weight excluding hydrogens is 343 g/mol. The molecule has 3 heterocycles. The number of fused-ring (bicyclic) bond motifs is 2. The molecule has 0 aliphatic carbocycles. The topological polar surface area (TPSA) is 100 Å². The maximum atomic E-state index is 13.1. The van der Waals surface area contributed by atoms with E-state index >= 15 is 0 Å². The molecule has 4 aromatic rings. The molecule has 0 fully saturated rings. The summed E-state index contributed by atoms with van der Waals surface area (Å²) in [6.07, 6.45) is 3.37. The Morgan fingerprint density at radius 3 is 2.78 bits per heavy atom. The first-order valence-electron chi connectivity index (χ1n) is 8.04. The van der Waals surface area contributed by atoms with E-state index in [2.05, 4.69) is 9.97 Å². The van der Waals surface area contributed by atoms with Crippen LogP contribution >= 0.6 is 0 Å². The molecule has 0 aliphatic rings. The number of carbonyl (C=O) groups is 1. The summed E-state index contributed by atoms with van der Waals surface area (Å²) in [6.45, 7) is 0. The number of benzene rings is 1. The molecule has 3 aromatic heterocycles. The van der Waals surface area contributed by atoms with E-state index in [0.29, 0.717) is 11.1 Å². The number of esters is 1. The van der Waals surface area contributed by atoms with Gasteiger partial charge in [0, 0.05) is 23.2 Å². The molecule has 130 valence electrons. The van der Waals surface area contributed by atoms with Crippen LogP contribution in [0.1, 0.15) is 10.4 Å². The van der Waals surface area contributed by atoms with Crippen molar-refractivity contribution in [3.63, 3.8) is 0 Å². The van der Waals surface area contributed by atoms with Crippen molar-refractivity contribution in [2.24, 2.45) is 0 Å². The molecule has 0 unspecified atom stereocenters. The SMILES string of the molecule is [B]c1ccc2c(N)c(C(=O)OC)c(=O)n(-c3ccc4ccncc4c3)c2n1. The number of rotatable bonds is 2. The van der Waals surface area contributed by atoms with Crippen LogP contribution in [0, 0.1) is 0 Å². The van der Waals surface area contributed by atoms with Gasteiger partial charge in [-0.25, -0.2) is 9.78 Å². The van der Waals surface area contributed by atoms with Gasteiger partial charge in [0.25, 0.3) is 5.56 Å². The van der Waals surface area contributed by atoms with Gasteiger partial charge < -0.3 is 10.5 Å². The second kappa shape index (κ2) is 6.24. The maximum Gasteiger partial charge on any atom is 0.345 e. The lowest BCUT2D eigenvalue weighted by molar-refractivity contribution is 0.0600. The zero-order chi connectivity index (χ0) is 19.1. The van der Waals surface area contributed by atoms with E-state index in [-0.39, 0.29) is 22.5 Å².